The molecule has 0 radical (unpaired) electrons. The van der Waals surface area contributed by atoms with Gasteiger partial charge in [-0.2, -0.15) is 0 Å². The zero-order valence-corrected chi connectivity index (χ0v) is 11.4. The third-order valence-electron chi connectivity index (χ3n) is 3.83. The van der Waals surface area contributed by atoms with Crippen molar-refractivity contribution in [2.75, 3.05) is 19.6 Å². The lowest BCUT2D eigenvalue weighted by molar-refractivity contribution is 0.326. The zero-order chi connectivity index (χ0) is 12.4. The van der Waals surface area contributed by atoms with E-state index >= 15 is 0 Å². The van der Waals surface area contributed by atoms with Crippen LogP contribution >= 0.6 is 11.6 Å². The standard InChI is InChI=1S/C15H19ClN2/c16-14-5-3-6-15-13(14)7-12-18(15)11-4-10-17-8-1-2-9-17/h3,5-7,12H,1-2,4,8-11H2. The van der Waals surface area contributed by atoms with Gasteiger partial charge in [-0.25, -0.2) is 0 Å². The maximum atomic E-state index is 6.19. The van der Waals surface area contributed by atoms with E-state index in [2.05, 4.69) is 27.8 Å². The molecule has 0 atom stereocenters. The maximum absolute atomic E-state index is 6.19. The minimum Gasteiger partial charge on any atom is -0.347 e. The van der Waals surface area contributed by atoms with Gasteiger partial charge in [0.05, 0.1) is 0 Å². The summed E-state index contributed by atoms with van der Waals surface area (Å²) in [7, 11) is 0. The summed E-state index contributed by atoms with van der Waals surface area (Å²) in [6.07, 6.45) is 6.13. The third-order valence-corrected chi connectivity index (χ3v) is 4.16. The molecule has 0 aliphatic carbocycles. The number of hydrogen-bond donors (Lipinski definition) is 0. The molecule has 0 unspecified atom stereocenters. The number of benzene rings is 1. The van der Waals surface area contributed by atoms with Crippen LogP contribution in [-0.4, -0.2) is 29.1 Å². The van der Waals surface area contributed by atoms with Gasteiger partial charge in [0.15, 0.2) is 0 Å². The molecular weight excluding hydrogens is 244 g/mol. The van der Waals surface area contributed by atoms with E-state index in [9.17, 15) is 0 Å². The lowest BCUT2D eigenvalue weighted by Gasteiger charge is -2.14. The highest BCUT2D eigenvalue weighted by Gasteiger charge is 2.10. The number of aryl methyl sites for hydroxylation is 1. The number of halogens is 1. The normalized spacial score (nSPS) is 16.7. The molecule has 3 heteroatoms. The molecule has 1 aromatic carbocycles. The summed E-state index contributed by atoms with van der Waals surface area (Å²) in [5.41, 5.74) is 1.25. The Balaban J connectivity index is 1.65. The average Bonchev–Trinajstić information content (AvgIpc) is 3.00. The van der Waals surface area contributed by atoms with Gasteiger partial charge in [-0.1, -0.05) is 17.7 Å². The monoisotopic (exact) mass is 262 g/mol. The first kappa shape index (κ1) is 12.1. The van der Waals surface area contributed by atoms with Crippen LogP contribution in [0.4, 0.5) is 0 Å². The predicted octanol–water partition coefficient (Wildman–Crippen LogP) is 3.78. The van der Waals surface area contributed by atoms with E-state index in [1.165, 1.54) is 49.8 Å². The first-order valence-electron chi connectivity index (χ1n) is 6.80. The largest absolute Gasteiger partial charge is 0.347 e. The van der Waals surface area contributed by atoms with Crippen LogP contribution in [0.2, 0.25) is 5.02 Å². The Morgan fingerprint density at radius 1 is 1.06 bits per heavy atom. The van der Waals surface area contributed by atoms with Gasteiger partial charge in [-0.05, 0) is 57.1 Å². The molecule has 1 saturated heterocycles. The van der Waals surface area contributed by atoms with Crippen LogP contribution in [0.25, 0.3) is 10.9 Å². The van der Waals surface area contributed by atoms with Crippen LogP contribution in [0.3, 0.4) is 0 Å². The second-order valence-electron chi connectivity index (χ2n) is 5.08. The summed E-state index contributed by atoms with van der Waals surface area (Å²) in [5.74, 6) is 0. The SMILES string of the molecule is Clc1cccc2c1ccn2CCCN1CCCC1. The molecular formula is C15H19ClN2. The van der Waals surface area contributed by atoms with Gasteiger partial charge in [-0.3, -0.25) is 0 Å². The van der Waals surface area contributed by atoms with Gasteiger partial charge in [0.1, 0.15) is 0 Å². The third kappa shape index (κ3) is 2.40. The molecule has 96 valence electrons. The van der Waals surface area contributed by atoms with Gasteiger partial charge in [0, 0.05) is 28.7 Å². The van der Waals surface area contributed by atoms with Crippen molar-refractivity contribution in [3.63, 3.8) is 0 Å². The minimum atomic E-state index is 0.853. The Bertz CT molecular complexity index is 526. The Hall–Kier alpha value is -0.990. The van der Waals surface area contributed by atoms with Crippen molar-refractivity contribution < 1.29 is 0 Å². The maximum Gasteiger partial charge on any atom is 0.0499 e. The van der Waals surface area contributed by atoms with Gasteiger partial charge in [0.25, 0.3) is 0 Å². The Kier molecular flexibility index (Phi) is 3.57. The van der Waals surface area contributed by atoms with Crippen molar-refractivity contribution in [1.29, 1.82) is 0 Å². The summed E-state index contributed by atoms with van der Waals surface area (Å²) in [5, 5.41) is 2.02. The number of rotatable bonds is 4. The molecule has 2 heterocycles. The van der Waals surface area contributed by atoms with Crippen LogP contribution in [0.1, 0.15) is 19.3 Å². The fourth-order valence-corrected chi connectivity index (χ4v) is 3.08. The number of aromatic nitrogens is 1. The number of likely N-dealkylation sites (tertiary alicyclic amines) is 1. The molecule has 0 N–H and O–H groups in total. The van der Waals surface area contributed by atoms with Crippen molar-refractivity contribution in [3.8, 4) is 0 Å². The molecule has 0 amide bonds. The second-order valence-corrected chi connectivity index (χ2v) is 5.49. The molecule has 0 spiro atoms. The topological polar surface area (TPSA) is 8.17 Å². The Labute approximate surface area is 113 Å². The fraction of sp³-hybridized carbons (Fsp3) is 0.467. The number of nitrogens with zero attached hydrogens (tertiary/aromatic N) is 2. The van der Waals surface area contributed by atoms with Crippen molar-refractivity contribution in [3.05, 3.63) is 35.5 Å². The van der Waals surface area contributed by atoms with Gasteiger partial charge < -0.3 is 9.47 Å². The molecule has 1 aliphatic heterocycles. The van der Waals surface area contributed by atoms with Crippen molar-refractivity contribution in [1.82, 2.24) is 9.47 Å². The van der Waals surface area contributed by atoms with E-state index < -0.39 is 0 Å². The summed E-state index contributed by atoms with van der Waals surface area (Å²) in [6.45, 7) is 4.89. The van der Waals surface area contributed by atoms with Crippen LogP contribution in [0, 0.1) is 0 Å². The van der Waals surface area contributed by atoms with E-state index in [0.717, 1.165) is 11.6 Å². The lowest BCUT2D eigenvalue weighted by Crippen LogP contribution is -2.21. The highest BCUT2D eigenvalue weighted by atomic mass is 35.5. The van der Waals surface area contributed by atoms with Gasteiger partial charge in [-0.15, -0.1) is 0 Å². The number of fused-ring (bicyclic) bond motifs is 1. The molecule has 2 aromatic rings. The van der Waals surface area contributed by atoms with E-state index in [1.54, 1.807) is 0 Å². The van der Waals surface area contributed by atoms with E-state index in [4.69, 9.17) is 11.6 Å². The van der Waals surface area contributed by atoms with Crippen LogP contribution < -0.4 is 0 Å². The van der Waals surface area contributed by atoms with Crippen LogP contribution in [-0.2, 0) is 6.54 Å². The summed E-state index contributed by atoms with van der Waals surface area (Å²) >= 11 is 6.19. The minimum absolute atomic E-state index is 0.853. The molecule has 2 nitrogen and oxygen atoms in total. The smallest absolute Gasteiger partial charge is 0.0499 e. The van der Waals surface area contributed by atoms with E-state index in [1.807, 2.05) is 12.1 Å². The first-order chi connectivity index (χ1) is 8.84. The molecule has 0 saturated carbocycles. The Morgan fingerprint density at radius 2 is 1.89 bits per heavy atom. The number of hydrogen-bond acceptors (Lipinski definition) is 1. The zero-order valence-electron chi connectivity index (χ0n) is 10.6. The molecule has 1 aromatic heterocycles. The highest BCUT2D eigenvalue weighted by Crippen LogP contribution is 2.24. The van der Waals surface area contributed by atoms with Gasteiger partial charge >= 0.3 is 0 Å². The summed E-state index contributed by atoms with van der Waals surface area (Å²) in [4.78, 5) is 2.57. The van der Waals surface area contributed by atoms with Crippen molar-refractivity contribution >= 4 is 22.5 Å². The van der Waals surface area contributed by atoms with Gasteiger partial charge in [0.2, 0.25) is 0 Å². The summed E-state index contributed by atoms with van der Waals surface area (Å²) < 4.78 is 2.32. The van der Waals surface area contributed by atoms with Crippen LogP contribution in [0.5, 0.6) is 0 Å². The lowest BCUT2D eigenvalue weighted by atomic mass is 10.2. The highest BCUT2D eigenvalue weighted by molar-refractivity contribution is 6.35. The molecule has 1 fully saturated rings. The quantitative estimate of drug-likeness (QED) is 0.814. The molecule has 0 bridgehead atoms. The fourth-order valence-electron chi connectivity index (χ4n) is 2.85. The van der Waals surface area contributed by atoms with E-state index in [-0.39, 0.29) is 0 Å². The van der Waals surface area contributed by atoms with Crippen LogP contribution in [0.15, 0.2) is 30.5 Å². The summed E-state index contributed by atoms with van der Waals surface area (Å²) in [6, 6.07) is 8.25. The molecule has 18 heavy (non-hydrogen) atoms. The molecule has 3 rings (SSSR count). The van der Waals surface area contributed by atoms with Crippen molar-refractivity contribution in [2.45, 2.75) is 25.8 Å². The average molecular weight is 263 g/mol. The van der Waals surface area contributed by atoms with E-state index in [0.29, 0.717) is 0 Å². The second kappa shape index (κ2) is 5.33. The molecule has 1 aliphatic rings. The van der Waals surface area contributed by atoms with Crippen molar-refractivity contribution in [2.24, 2.45) is 0 Å². The predicted molar refractivity (Wildman–Crippen MR) is 77.2 cm³/mol. The first-order valence-corrected chi connectivity index (χ1v) is 7.18. The Morgan fingerprint density at radius 3 is 2.72 bits per heavy atom.